The third kappa shape index (κ3) is 3.53. The lowest BCUT2D eigenvalue weighted by molar-refractivity contribution is -0.129. The number of benzene rings is 2. The lowest BCUT2D eigenvalue weighted by Crippen LogP contribution is -2.25. The largest absolute Gasteiger partial charge is 0.438 e. The highest BCUT2D eigenvalue weighted by molar-refractivity contribution is 7.16. The molecule has 9 heteroatoms. The third-order valence-corrected chi connectivity index (χ3v) is 8.61. The van der Waals surface area contributed by atoms with Crippen LogP contribution >= 0.6 is 22.7 Å². The summed E-state index contributed by atoms with van der Waals surface area (Å²) in [6.07, 6.45) is 1.76. The summed E-state index contributed by atoms with van der Waals surface area (Å²) in [5.41, 5.74) is 1.67. The highest BCUT2D eigenvalue weighted by Crippen LogP contribution is 2.37. The first-order chi connectivity index (χ1) is 18.1. The van der Waals surface area contributed by atoms with Crippen molar-refractivity contribution < 1.29 is 18.4 Å². The van der Waals surface area contributed by atoms with Crippen LogP contribution in [0.3, 0.4) is 0 Å². The lowest BCUT2D eigenvalue weighted by atomic mass is 10.1. The highest BCUT2D eigenvalue weighted by atomic mass is 32.1. The van der Waals surface area contributed by atoms with Crippen LogP contribution in [0, 0.1) is 11.3 Å². The molecule has 1 aliphatic carbocycles. The van der Waals surface area contributed by atoms with E-state index in [1.54, 1.807) is 0 Å². The minimum Gasteiger partial charge on any atom is -0.438 e. The fraction of sp³-hybridized carbons (Fsp3) is 0.143. The molecular formula is C28H19N3O4S2. The number of carbonyl (C=O) groups excluding carboxylic acids is 2. The normalized spacial score (nSPS) is 16.5. The molecule has 1 unspecified atom stereocenters. The maximum Gasteiger partial charge on any atom is 0.235 e. The SMILES string of the molecule is N=c1oc2ccccc2c2csc(/N=c3\oc4ccccc4c4csc(NC(=O)C5CCCC5=O)c34)c12. The van der Waals surface area contributed by atoms with E-state index in [0.29, 0.717) is 50.3 Å². The van der Waals surface area contributed by atoms with Crippen LogP contribution < -0.4 is 16.4 Å². The topological polar surface area (TPSA) is 109 Å². The molecule has 1 saturated carbocycles. The van der Waals surface area contributed by atoms with Crippen LogP contribution in [0.5, 0.6) is 0 Å². The van der Waals surface area contributed by atoms with Crippen molar-refractivity contribution in [1.29, 1.82) is 5.41 Å². The van der Waals surface area contributed by atoms with E-state index in [2.05, 4.69) is 5.32 Å². The zero-order chi connectivity index (χ0) is 25.1. The van der Waals surface area contributed by atoms with Gasteiger partial charge in [0.25, 0.3) is 0 Å². The predicted octanol–water partition coefficient (Wildman–Crippen LogP) is 6.63. The monoisotopic (exact) mass is 525 g/mol. The maximum atomic E-state index is 13.0. The zero-order valence-corrected chi connectivity index (χ0v) is 21.0. The molecule has 2 aromatic carbocycles. The van der Waals surface area contributed by atoms with Crippen molar-refractivity contribution in [2.75, 3.05) is 5.32 Å². The van der Waals surface area contributed by atoms with E-state index >= 15 is 0 Å². The second kappa shape index (κ2) is 8.50. The summed E-state index contributed by atoms with van der Waals surface area (Å²) >= 11 is 2.79. The van der Waals surface area contributed by atoms with Gasteiger partial charge in [-0.3, -0.25) is 15.0 Å². The Morgan fingerprint density at radius 2 is 1.59 bits per heavy atom. The Kier molecular flexibility index (Phi) is 5.09. The summed E-state index contributed by atoms with van der Waals surface area (Å²) < 4.78 is 12.1. The minimum atomic E-state index is -0.614. The molecule has 4 heterocycles. The van der Waals surface area contributed by atoms with E-state index in [1.165, 1.54) is 22.7 Å². The van der Waals surface area contributed by atoms with Gasteiger partial charge in [-0.2, -0.15) is 0 Å². The number of fused-ring (bicyclic) bond motifs is 6. The molecule has 4 aromatic heterocycles. The number of nitrogens with zero attached hydrogens (tertiary/aromatic N) is 1. The predicted molar refractivity (Wildman–Crippen MR) is 145 cm³/mol. The van der Waals surface area contributed by atoms with Crippen molar-refractivity contribution in [2.24, 2.45) is 10.9 Å². The second-order valence-corrected chi connectivity index (χ2v) is 10.8. The molecule has 7 nitrogen and oxygen atoms in total. The number of ketones is 1. The van der Waals surface area contributed by atoms with Crippen LogP contribution in [-0.2, 0) is 9.59 Å². The molecule has 0 spiro atoms. The highest BCUT2D eigenvalue weighted by Gasteiger charge is 2.31. The maximum absolute atomic E-state index is 13.0. The van der Waals surface area contributed by atoms with Gasteiger partial charge in [-0.05, 0) is 25.0 Å². The Morgan fingerprint density at radius 1 is 0.919 bits per heavy atom. The lowest BCUT2D eigenvalue weighted by Gasteiger charge is -2.09. The van der Waals surface area contributed by atoms with Gasteiger partial charge in [-0.25, -0.2) is 4.99 Å². The first-order valence-corrected chi connectivity index (χ1v) is 13.6. The van der Waals surface area contributed by atoms with Crippen LogP contribution in [-0.4, -0.2) is 11.7 Å². The van der Waals surface area contributed by atoms with Gasteiger partial charge < -0.3 is 14.2 Å². The van der Waals surface area contributed by atoms with Crippen LogP contribution in [0.25, 0.3) is 43.5 Å². The fourth-order valence-corrected chi connectivity index (χ4v) is 6.93. The average molecular weight is 526 g/mol. The van der Waals surface area contributed by atoms with Gasteiger partial charge in [0.2, 0.25) is 17.0 Å². The molecule has 0 radical (unpaired) electrons. The fourth-order valence-electron chi connectivity index (χ4n) is 5.04. The van der Waals surface area contributed by atoms with Crippen molar-refractivity contribution in [2.45, 2.75) is 19.3 Å². The van der Waals surface area contributed by atoms with Gasteiger partial charge in [-0.1, -0.05) is 36.4 Å². The molecule has 0 aliphatic heterocycles. The van der Waals surface area contributed by atoms with E-state index in [4.69, 9.17) is 19.2 Å². The van der Waals surface area contributed by atoms with E-state index < -0.39 is 5.92 Å². The molecule has 1 amide bonds. The molecule has 0 bridgehead atoms. The van der Waals surface area contributed by atoms with Gasteiger partial charge in [0.1, 0.15) is 27.0 Å². The number of nitrogens with one attached hydrogen (secondary N) is 2. The zero-order valence-electron chi connectivity index (χ0n) is 19.4. The Bertz CT molecular complexity index is 2030. The number of anilines is 1. The molecule has 7 rings (SSSR count). The second-order valence-electron chi connectivity index (χ2n) is 9.03. The molecule has 37 heavy (non-hydrogen) atoms. The van der Waals surface area contributed by atoms with Crippen LogP contribution in [0.2, 0.25) is 0 Å². The number of para-hydroxylation sites is 2. The molecule has 6 aromatic rings. The number of hydrogen-bond donors (Lipinski definition) is 2. The van der Waals surface area contributed by atoms with Gasteiger partial charge >= 0.3 is 0 Å². The smallest absolute Gasteiger partial charge is 0.235 e. The van der Waals surface area contributed by atoms with Crippen molar-refractivity contribution in [3.8, 4) is 0 Å². The summed E-state index contributed by atoms with van der Waals surface area (Å²) in [6.45, 7) is 0. The standard InChI is InChI=1S/C28H19N3O4S2/c29-24-22-17(14-6-1-3-10-20(14)34-24)12-36-27(22)31-26-23-18(15-7-2-4-11-21(15)35-26)13-37-28(23)30-25(33)16-8-5-9-19(16)32/h1-4,6-7,10-13,16,29H,5,8-9H2,(H,30,33)/b29-24?,31-26-. The van der Waals surface area contributed by atoms with Gasteiger partial charge in [-0.15, -0.1) is 22.7 Å². The molecule has 1 atom stereocenters. The number of thiophene rings is 2. The number of rotatable bonds is 3. The van der Waals surface area contributed by atoms with E-state index in [0.717, 1.165) is 28.0 Å². The summed E-state index contributed by atoms with van der Waals surface area (Å²) in [5.74, 6) is -0.912. The van der Waals surface area contributed by atoms with Crippen molar-refractivity contribution in [3.63, 3.8) is 0 Å². The molecule has 2 N–H and O–H groups in total. The molecule has 1 aliphatic rings. The molecule has 1 fully saturated rings. The quantitative estimate of drug-likeness (QED) is 0.253. The first kappa shape index (κ1) is 22.1. The van der Waals surface area contributed by atoms with Gasteiger partial charge in [0.15, 0.2) is 0 Å². The van der Waals surface area contributed by atoms with E-state index in [-0.39, 0.29) is 17.2 Å². The van der Waals surface area contributed by atoms with Crippen molar-refractivity contribution in [3.05, 3.63) is 70.4 Å². The van der Waals surface area contributed by atoms with E-state index in [9.17, 15) is 9.59 Å². The van der Waals surface area contributed by atoms with Gasteiger partial charge in [0.05, 0.1) is 16.7 Å². The van der Waals surface area contributed by atoms with Crippen LogP contribution in [0.4, 0.5) is 10.0 Å². The third-order valence-electron chi connectivity index (χ3n) is 6.84. The number of amides is 1. The van der Waals surface area contributed by atoms with Crippen LogP contribution in [0.1, 0.15) is 19.3 Å². The van der Waals surface area contributed by atoms with Gasteiger partial charge in [0, 0.05) is 38.7 Å². The average Bonchev–Trinajstić information content (AvgIpc) is 3.63. The van der Waals surface area contributed by atoms with Crippen molar-refractivity contribution in [1.82, 2.24) is 0 Å². The Labute approximate surface area is 217 Å². The summed E-state index contributed by atoms with van der Waals surface area (Å²) in [5, 5.41) is 21.6. The number of carbonyl (C=O) groups is 2. The number of hydrogen-bond acceptors (Lipinski definition) is 8. The Hall–Kier alpha value is -4.08. The Morgan fingerprint density at radius 3 is 2.32 bits per heavy atom. The van der Waals surface area contributed by atoms with Crippen LogP contribution in [0.15, 0.2) is 73.1 Å². The summed E-state index contributed by atoms with van der Waals surface area (Å²) in [4.78, 5) is 30.1. The minimum absolute atomic E-state index is 0.0117. The molecule has 182 valence electrons. The summed E-state index contributed by atoms with van der Waals surface area (Å²) in [6, 6.07) is 15.3. The number of Topliss-reactive ketones (excluding diaryl/α,β-unsaturated/α-hetero) is 1. The molecule has 0 saturated heterocycles. The van der Waals surface area contributed by atoms with E-state index in [1.807, 2.05) is 59.3 Å². The molecular weight excluding hydrogens is 506 g/mol. The first-order valence-electron chi connectivity index (χ1n) is 11.9. The van der Waals surface area contributed by atoms with Crippen molar-refractivity contribution >= 4 is 87.8 Å². The summed E-state index contributed by atoms with van der Waals surface area (Å²) in [7, 11) is 0. The Balaban J connectivity index is 1.47.